The molecule has 0 saturated carbocycles. The van der Waals surface area contributed by atoms with Gasteiger partial charge in [0.25, 0.3) is 0 Å². The van der Waals surface area contributed by atoms with Crippen LogP contribution in [0.25, 0.3) is 22.6 Å². The average molecular weight is 404 g/mol. The summed E-state index contributed by atoms with van der Waals surface area (Å²) < 4.78 is 19.8. The van der Waals surface area contributed by atoms with Gasteiger partial charge in [0.15, 0.2) is 0 Å². The second kappa shape index (κ2) is 8.48. The second-order valence-electron chi connectivity index (χ2n) is 6.42. The predicted octanol–water partition coefficient (Wildman–Crippen LogP) is 3.83. The van der Waals surface area contributed by atoms with Gasteiger partial charge in [-0.1, -0.05) is 36.4 Å². The van der Waals surface area contributed by atoms with Crippen LogP contribution in [0, 0.1) is 5.82 Å². The first-order valence-electron chi connectivity index (χ1n) is 9.06. The number of carbonyl (C=O) groups is 1. The SMILES string of the molecule is Cn1nnc(-c2ccc(-c3ccc(COC(=O)Nc4ccccc4)cc3F)cn2)n1. The highest BCUT2D eigenvalue weighted by molar-refractivity contribution is 5.84. The van der Waals surface area contributed by atoms with E-state index in [2.05, 4.69) is 25.7 Å². The normalized spacial score (nSPS) is 10.6. The van der Waals surface area contributed by atoms with Crippen LogP contribution in [0.15, 0.2) is 66.9 Å². The molecule has 0 fully saturated rings. The molecule has 9 heteroatoms. The Morgan fingerprint density at radius 3 is 2.63 bits per heavy atom. The molecule has 8 nitrogen and oxygen atoms in total. The number of hydrogen-bond acceptors (Lipinski definition) is 6. The Morgan fingerprint density at radius 2 is 1.97 bits per heavy atom. The molecule has 0 bridgehead atoms. The molecule has 0 unspecified atom stereocenters. The minimum Gasteiger partial charge on any atom is -0.444 e. The largest absolute Gasteiger partial charge is 0.444 e. The van der Waals surface area contributed by atoms with Crippen LogP contribution >= 0.6 is 0 Å². The van der Waals surface area contributed by atoms with Crippen molar-refractivity contribution >= 4 is 11.8 Å². The van der Waals surface area contributed by atoms with Gasteiger partial charge in [0.1, 0.15) is 18.1 Å². The highest BCUT2D eigenvalue weighted by Gasteiger charge is 2.11. The van der Waals surface area contributed by atoms with Crippen molar-refractivity contribution in [2.45, 2.75) is 6.61 Å². The minimum atomic E-state index is -0.608. The molecule has 0 saturated heterocycles. The third-order valence-electron chi connectivity index (χ3n) is 4.24. The number of aromatic nitrogens is 5. The lowest BCUT2D eigenvalue weighted by Gasteiger charge is -2.09. The molecule has 1 amide bonds. The van der Waals surface area contributed by atoms with E-state index >= 15 is 0 Å². The monoisotopic (exact) mass is 404 g/mol. The fourth-order valence-electron chi connectivity index (χ4n) is 2.78. The molecular formula is C21H17FN6O2. The summed E-state index contributed by atoms with van der Waals surface area (Å²) in [5.41, 5.74) is 2.69. The lowest BCUT2D eigenvalue weighted by molar-refractivity contribution is 0.155. The summed E-state index contributed by atoms with van der Waals surface area (Å²) >= 11 is 0. The number of nitrogens with one attached hydrogen (secondary N) is 1. The fraction of sp³-hybridized carbons (Fsp3) is 0.0952. The number of tetrazole rings is 1. The first-order chi connectivity index (χ1) is 14.6. The van der Waals surface area contributed by atoms with Crippen LogP contribution in [0.3, 0.4) is 0 Å². The van der Waals surface area contributed by atoms with Crippen LogP contribution in [0.1, 0.15) is 5.56 Å². The van der Waals surface area contributed by atoms with Crippen molar-refractivity contribution in [1.82, 2.24) is 25.2 Å². The second-order valence-corrected chi connectivity index (χ2v) is 6.42. The Hall–Kier alpha value is -4.14. The van der Waals surface area contributed by atoms with E-state index in [4.69, 9.17) is 4.74 Å². The van der Waals surface area contributed by atoms with E-state index in [1.807, 2.05) is 6.07 Å². The summed E-state index contributed by atoms with van der Waals surface area (Å²) in [5, 5.41) is 14.4. The van der Waals surface area contributed by atoms with Gasteiger partial charge in [-0.2, -0.15) is 4.80 Å². The van der Waals surface area contributed by atoms with Gasteiger partial charge in [-0.3, -0.25) is 10.3 Å². The standard InChI is InChI=1S/C21H17FN6O2/c1-28-26-20(25-27-28)19-10-8-15(12-23-19)17-9-7-14(11-18(17)22)13-30-21(29)24-16-5-3-2-4-6-16/h2-12H,13H2,1H3,(H,24,29). The Kier molecular flexibility index (Phi) is 5.42. The number of aryl methyl sites for hydroxylation is 1. The summed E-state index contributed by atoms with van der Waals surface area (Å²) in [6.45, 7) is -0.0502. The van der Waals surface area contributed by atoms with Crippen molar-refractivity contribution in [2.75, 3.05) is 5.32 Å². The van der Waals surface area contributed by atoms with Crippen molar-refractivity contribution in [2.24, 2.45) is 7.05 Å². The Balaban J connectivity index is 1.41. The Bertz CT molecular complexity index is 1160. The molecular weight excluding hydrogens is 387 g/mol. The topological polar surface area (TPSA) is 94.8 Å². The van der Waals surface area contributed by atoms with Crippen molar-refractivity contribution < 1.29 is 13.9 Å². The van der Waals surface area contributed by atoms with Crippen molar-refractivity contribution in [3.8, 4) is 22.6 Å². The molecule has 150 valence electrons. The predicted molar refractivity (Wildman–Crippen MR) is 108 cm³/mol. The maximum absolute atomic E-state index is 14.6. The van der Waals surface area contributed by atoms with Gasteiger partial charge >= 0.3 is 6.09 Å². The molecule has 2 heterocycles. The molecule has 4 rings (SSSR count). The zero-order valence-electron chi connectivity index (χ0n) is 16.0. The molecule has 4 aromatic rings. The number of benzene rings is 2. The van der Waals surface area contributed by atoms with Crippen LogP contribution < -0.4 is 5.32 Å². The molecule has 0 aliphatic carbocycles. The van der Waals surface area contributed by atoms with Crippen LogP contribution in [0.2, 0.25) is 0 Å². The summed E-state index contributed by atoms with van der Waals surface area (Å²) in [5.74, 6) is -0.0439. The molecule has 2 aromatic heterocycles. The first kappa shape index (κ1) is 19.2. The zero-order chi connectivity index (χ0) is 20.9. The number of para-hydroxylation sites is 1. The van der Waals surface area contributed by atoms with Gasteiger partial charge in [0.05, 0.1) is 7.05 Å². The average Bonchev–Trinajstić information content (AvgIpc) is 3.20. The number of halogens is 1. The maximum atomic E-state index is 14.6. The van der Waals surface area contributed by atoms with Crippen LogP contribution in [0.5, 0.6) is 0 Å². The van der Waals surface area contributed by atoms with Crippen LogP contribution in [0.4, 0.5) is 14.9 Å². The van der Waals surface area contributed by atoms with Gasteiger partial charge in [0.2, 0.25) is 5.82 Å². The molecule has 30 heavy (non-hydrogen) atoms. The number of hydrogen-bond donors (Lipinski definition) is 1. The number of anilines is 1. The summed E-state index contributed by atoms with van der Waals surface area (Å²) in [6.07, 6.45) is 0.941. The molecule has 0 aliphatic heterocycles. The van der Waals surface area contributed by atoms with Gasteiger partial charge in [-0.15, -0.1) is 10.2 Å². The van der Waals surface area contributed by atoms with E-state index in [9.17, 15) is 9.18 Å². The molecule has 0 radical (unpaired) electrons. The molecule has 0 aliphatic rings. The van der Waals surface area contributed by atoms with Crippen molar-refractivity contribution in [3.05, 3.63) is 78.2 Å². The van der Waals surface area contributed by atoms with E-state index in [0.717, 1.165) is 0 Å². The lowest BCUT2D eigenvalue weighted by Crippen LogP contribution is -2.13. The van der Waals surface area contributed by atoms with Gasteiger partial charge in [0, 0.05) is 23.0 Å². The van der Waals surface area contributed by atoms with E-state index in [-0.39, 0.29) is 6.61 Å². The highest BCUT2D eigenvalue weighted by Crippen LogP contribution is 2.25. The molecule has 0 spiro atoms. The first-order valence-corrected chi connectivity index (χ1v) is 9.06. The number of amides is 1. The van der Waals surface area contributed by atoms with E-state index in [0.29, 0.717) is 33.9 Å². The Labute approximate surface area is 171 Å². The number of pyridine rings is 1. The van der Waals surface area contributed by atoms with Crippen molar-refractivity contribution in [1.29, 1.82) is 0 Å². The number of carbonyl (C=O) groups excluding carboxylic acids is 1. The third-order valence-corrected chi connectivity index (χ3v) is 4.24. The summed E-state index contributed by atoms with van der Waals surface area (Å²) in [6, 6.07) is 17.0. The lowest BCUT2D eigenvalue weighted by atomic mass is 10.0. The number of rotatable bonds is 5. The van der Waals surface area contributed by atoms with Crippen LogP contribution in [-0.2, 0) is 18.4 Å². The highest BCUT2D eigenvalue weighted by atomic mass is 19.1. The minimum absolute atomic E-state index is 0.0502. The zero-order valence-corrected chi connectivity index (χ0v) is 16.0. The van der Waals surface area contributed by atoms with E-state index in [1.54, 1.807) is 61.8 Å². The molecule has 1 N–H and O–H groups in total. The maximum Gasteiger partial charge on any atom is 0.411 e. The number of nitrogens with zero attached hydrogens (tertiary/aromatic N) is 5. The third kappa shape index (κ3) is 4.46. The Morgan fingerprint density at radius 1 is 1.13 bits per heavy atom. The van der Waals surface area contributed by atoms with Gasteiger partial charge in [-0.25, -0.2) is 9.18 Å². The fourth-order valence-corrected chi connectivity index (χ4v) is 2.78. The van der Waals surface area contributed by atoms with E-state index in [1.165, 1.54) is 10.9 Å². The quantitative estimate of drug-likeness (QED) is 0.543. The summed E-state index contributed by atoms with van der Waals surface area (Å²) in [7, 11) is 1.66. The molecule has 2 aromatic carbocycles. The van der Waals surface area contributed by atoms with E-state index < -0.39 is 11.9 Å². The summed E-state index contributed by atoms with van der Waals surface area (Å²) in [4.78, 5) is 17.5. The molecule has 0 atom stereocenters. The smallest absolute Gasteiger partial charge is 0.411 e. The number of ether oxygens (including phenoxy) is 1. The van der Waals surface area contributed by atoms with Crippen LogP contribution in [-0.4, -0.2) is 31.3 Å². The van der Waals surface area contributed by atoms with Gasteiger partial charge in [-0.05, 0) is 35.0 Å². The van der Waals surface area contributed by atoms with Gasteiger partial charge < -0.3 is 4.74 Å². The van der Waals surface area contributed by atoms with Crippen molar-refractivity contribution in [3.63, 3.8) is 0 Å².